The summed E-state index contributed by atoms with van der Waals surface area (Å²) in [4.78, 5) is 18.4. The molecule has 2 aromatic rings. The van der Waals surface area contributed by atoms with E-state index >= 15 is 0 Å². The van der Waals surface area contributed by atoms with Gasteiger partial charge in [-0.05, 0) is 6.07 Å². The van der Waals surface area contributed by atoms with E-state index < -0.39 is 5.82 Å². The number of hydrogen-bond acceptors (Lipinski definition) is 4. The van der Waals surface area contributed by atoms with Gasteiger partial charge in [-0.25, -0.2) is 14.4 Å². The third-order valence-corrected chi connectivity index (χ3v) is 2.28. The summed E-state index contributed by atoms with van der Waals surface area (Å²) in [5, 5.41) is 0.0680. The number of ether oxygens (including phenoxy) is 1. The lowest BCUT2D eigenvalue weighted by Crippen LogP contribution is -1.96. The molecule has 0 spiro atoms. The summed E-state index contributed by atoms with van der Waals surface area (Å²) in [6, 6.07) is 2.40. The molecule has 0 atom stereocenters. The summed E-state index contributed by atoms with van der Waals surface area (Å²) in [7, 11) is 1.39. The topological polar surface area (TPSA) is 52.1 Å². The highest BCUT2D eigenvalue weighted by Crippen LogP contribution is 2.24. The number of rotatable bonds is 2. The van der Waals surface area contributed by atoms with E-state index in [1.807, 2.05) is 0 Å². The van der Waals surface area contributed by atoms with Crippen LogP contribution in [0.25, 0.3) is 11.0 Å². The number of halogens is 2. The number of carbonyl (C=O) groups excluding carboxylic acids is 1. The van der Waals surface area contributed by atoms with E-state index in [2.05, 4.69) is 9.97 Å². The second-order valence-corrected chi connectivity index (χ2v) is 3.36. The number of hydrogen-bond donors (Lipinski definition) is 0. The highest BCUT2D eigenvalue weighted by atomic mass is 35.5. The summed E-state index contributed by atoms with van der Waals surface area (Å²) >= 11 is 5.76. The van der Waals surface area contributed by atoms with Gasteiger partial charge in [0, 0.05) is 6.07 Å². The lowest BCUT2D eigenvalue weighted by molar-refractivity contribution is 0.112. The van der Waals surface area contributed by atoms with Crippen LogP contribution in [0.1, 0.15) is 10.4 Å². The second-order valence-electron chi connectivity index (χ2n) is 3.00. The lowest BCUT2D eigenvalue weighted by Gasteiger charge is -2.04. The summed E-state index contributed by atoms with van der Waals surface area (Å²) in [5.41, 5.74) is 0.543. The molecule has 0 N–H and O–H groups in total. The fourth-order valence-electron chi connectivity index (χ4n) is 1.28. The van der Waals surface area contributed by atoms with Crippen molar-refractivity contribution in [1.29, 1.82) is 0 Å². The highest BCUT2D eigenvalue weighted by Gasteiger charge is 2.10. The Morgan fingerprint density at radius 2 is 2.06 bits per heavy atom. The van der Waals surface area contributed by atoms with Crippen LogP contribution >= 0.6 is 11.6 Å². The van der Waals surface area contributed by atoms with Crippen molar-refractivity contribution in [3.63, 3.8) is 0 Å². The maximum Gasteiger partial charge on any atom is 0.252 e. The van der Waals surface area contributed by atoms with E-state index in [0.717, 1.165) is 6.07 Å². The van der Waals surface area contributed by atoms with Crippen LogP contribution in [0.3, 0.4) is 0 Å². The zero-order chi connectivity index (χ0) is 11.7. The van der Waals surface area contributed by atoms with Gasteiger partial charge in [-0.1, -0.05) is 11.6 Å². The number of benzene rings is 1. The van der Waals surface area contributed by atoms with Crippen LogP contribution in [-0.4, -0.2) is 23.4 Å². The number of aromatic nitrogens is 2. The molecule has 82 valence electrons. The molecule has 0 aliphatic carbocycles. The average molecular weight is 241 g/mol. The van der Waals surface area contributed by atoms with Gasteiger partial charge in [-0.2, -0.15) is 0 Å². The Morgan fingerprint density at radius 1 is 1.38 bits per heavy atom. The van der Waals surface area contributed by atoms with Gasteiger partial charge in [-0.15, -0.1) is 0 Å². The number of fused-ring (bicyclic) bond motifs is 1. The largest absolute Gasteiger partial charge is 0.479 e. The summed E-state index contributed by atoms with van der Waals surface area (Å²) in [6.45, 7) is 0. The zero-order valence-electron chi connectivity index (χ0n) is 8.20. The molecular weight excluding hydrogens is 235 g/mol. The lowest BCUT2D eigenvalue weighted by atomic mass is 10.2. The van der Waals surface area contributed by atoms with Crippen molar-refractivity contribution in [2.24, 2.45) is 0 Å². The molecule has 0 unspecified atom stereocenters. The number of methoxy groups -OCH3 is 1. The zero-order valence-corrected chi connectivity index (χ0v) is 8.95. The maximum absolute atomic E-state index is 13.3. The van der Waals surface area contributed by atoms with Crippen molar-refractivity contribution in [1.82, 2.24) is 9.97 Å². The van der Waals surface area contributed by atoms with E-state index in [1.165, 1.54) is 13.2 Å². The molecule has 0 radical (unpaired) electrons. The van der Waals surface area contributed by atoms with Gasteiger partial charge in [0.15, 0.2) is 11.4 Å². The Kier molecular flexibility index (Phi) is 2.70. The standard InChI is InChI=1S/C10H6ClFN2O2/c1-16-10-9(11)13-7-2-5(4-15)6(12)3-8(7)14-10/h2-4H,1H3. The van der Waals surface area contributed by atoms with Crippen LogP contribution < -0.4 is 4.74 Å². The monoisotopic (exact) mass is 240 g/mol. The first kappa shape index (κ1) is 10.8. The van der Waals surface area contributed by atoms with Gasteiger partial charge in [0.2, 0.25) is 0 Å². The Bertz CT molecular complexity index is 574. The van der Waals surface area contributed by atoms with Crippen molar-refractivity contribution in [2.75, 3.05) is 7.11 Å². The Balaban J connectivity index is 2.76. The molecule has 0 aliphatic heterocycles. The minimum atomic E-state index is -0.652. The quantitative estimate of drug-likeness (QED) is 0.756. The van der Waals surface area contributed by atoms with Crippen molar-refractivity contribution in [2.45, 2.75) is 0 Å². The van der Waals surface area contributed by atoms with Gasteiger partial charge in [0.1, 0.15) is 5.82 Å². The number of carbonyl (C=O) groups is 1. The predicted octanol–water partition coefficient (Wildman–Crippen LogP) is 2.24. The molecule has 1 heterocycles. The van der Waals surface area contributed by atoms with Crippen LogP contribution in [0.15, 0.2) is 12.1 Å². The average Bonchev–Trinajstić information content (AvgIpc) is 2.28. The summed E-state index contributed by atoms with van der Waals surface area (Å²) in [6.07, 6.45) is 0.411. The first-order chi connectivity index (χ1) is 7.65. The molecule has 6 heteroatoms. The number of nitrogens with zero attached hydrogens (tertiary/aromatic N) is 2. The van der Waals surface area contributed by atoms with Gasteiger partial charge in [0.05, 0.1) is 23.7 Å². The molecule has 0 bridgehead atoms. The Hall–Kier alpha value is -1.75. The molecule has 0 amide bonds. The predicted molar refractivity (Wildman–Crippen MR) is 56.4 cm³/mol. The molecule has 0 saturated heterocycles. The minimum Gasteiger partial charge on any atom is -0.479 e. The molecule has 4 nitrogen and oxygen atoms in total. The highest BCUT2D eigenvalue weighted by molar-refractivity contribution is 6.31. The molecular formula is C10H6ClFN2O2. The van der Waals surface area contributed by atoms with Crippen molar-refractivity contribution >= 4 is 28.9 Å². The third-order valence-electron chi connectivity index (χ3n) is 2.03. The van der Waals surface area contributed by atoms with Gasteiger partial charge in [0.25, 0.3) is 5.88 Å². The van der Waals surface area contributed by atoms with E-state index in [4.69, 9.17) is 16.3 Å². The smallest absolute Gasteiger partial charge is 0.252 e. The van der Waals surface area contributed by atoms with E-state index in [1.54, 1.807) is 0 Å². The second kappa shape index (κ2) is 4.02. The summed E-state index contributed by atoms with van der Waals surface area (Å²) < 4.78 is 18.1. The van der Waals surface area contributed by atoms with E-state index in [9.17, 15) is 9.18 Å². The Morgan fingerprint density at radius 3 is 2.69 bits per heavy atom. The third kappa shape index (κ3) is 1.69. The van der Waals surface area contributed by atoms with Gasteiger partial charge in [-0.3, -0.25) is 4.79 Å². The summed E-state index contributed by atoms with van der Waals surface area (Å²) in [5.74, 6) is -0.534. The Labute approximate surface area is 95.0 Å². The normalized spacial score (nSPS) is 10.4. The van der Waals surface area contributed by atoms with Gasteiger partial charge < -0.3 is 4.74 Å². The molecule has 16 heavy (non-hydrogen) atoms. The van der Waals surface area contributed by atoms with Crippen LogP contribution in [0, 0.1) is 5.82 Å². The first-order valence-corrected chi connectivity index (χ1v) is 4.69. The van der Waals surface area contributed by atoms with Crippen molar-refractivity contribution < 1.29 is 13.9 Å². The van der Waals surface area contributed by atoms with Crippen LogP contribution in [0.5, 0.6) is 5.88 Å². The first-order valence-electron chi connectivity index (χ1n) is 4.31. The van der Waals surface area contributed by atoms with Crippen molar-refractivity contribution in [3.05, 3.63) is 28.7 Å². The fourth-order valence-corrected chi connectivity index (χ4v) is 1.49. The fraction of sp³-hybridized carbons (Fsp3) is 0.100. The van der Waals surface area contributed by atoms with Crippen LogP contribution in [-0.2, 0) is 0 Å². The SMILES string of the molecule is COc1nc2cc(F)c(C=O)cc2nc1Cl. The maximum atomic E-state index is 13.3. The van der Waals surface area contributed by atoms with Crippen LogP contribution in [0.4, 0.5) is 4.39 Å². The molecule has 2 rings (SSSR count). The number of aldehydes is 1. The molecule has 1 aromatic carbocycles. The molecule has 0 fully saturated rings. The minimum absolute atomic E-state index is 0.0680. The molecule has 1 aromatic heterocycles. The van der Waals surface area contributed by atoms with E-state index in [-0.39, 0.29) is 22.1 Å². The van der Waals surface area contributed by atoms with E-state index in [0.29, 0.717) is 11.8 Å². The molecule has 0 saturated carbocycles. The van der Waals surface area contributed by atoms with Crippen LogP contribution in [0.2, 0.25) is 5.15 Å². The molecule has 0 aliphatic rings. The van der Waals surface area contributed by atoms with Gasteiger partial charge >= 0.3 is 0 Å². The van der Waals surface area contributed by atoms with Crippen molar-refractivity contribution in [3.8, 4) is 5.88 Å².